The zero-order valence-electron chi connectivity index (χ0n) is 16.5. The van der Waals surface area contributed by atoms with Crippen LogP contribution in [0.2, 0.25) is 0 Å². The van der Waals surface area contributed by atoms with Crippen LogP contribution in [-0.2, 0) is 30.7 Å². The van der Waals surface area contributed by atoms with Gasteiger partial charge in [-0.15, -0.1) is 16.8 Å². The largest absolute Gasteiger partial charge is 0.352 e. The van der Waals surface area contributed by atoms with E-state index in [0.29, 0.717) is 25.3 Å². The number of nitrogens with one attached hydrogen (secondary N) is 1. The Labute approximate surface area is 176 Å². The van der Waals surface area contributed by atoms with Gasteiger partial charge in [-0.1, -0.05) is 78.5 Å². The maximum absolute atomic E-state index is 12.1. The standard InChI is InChI=1S/C23H26N4OS/c1-2-16-27-21(14-13-19-9-5-3-6-10-19)25-26-23(27)29-17-15-22(28)24-18-20-11-7-4-8-12-20/h2-12H,1,13-18H2,(H,24,28). The molecule has 1 heterocycles. The van der Waals surface area contributed by atoms with Crippen molar-refractivity contribution in [2.45, 2.75) is 37.5 Å². The Morgan fingerprint density at radius 3 is 2.38 bits per heavy atom. The second kappa shape index (κ2) is 11.2. The predicted octanol–water partition coefficient (Wildman–Crippen LogP) is 4.05. The molecule has 1 aromatic heterocycles. The molecule has 0 radical (unpaired) electrons. The van der Waals surface area contributed by atoms with Gasteiger partial charge in [0, 0.05) is 31.7 Å². The summed E-state index contributed by atoms with van der Waals surface area (Å²) in [5, 5.41) is 12.5. The number of hydrogen-bond acceptors (Lipinski definition) is 4. The summed E-state index contributed by atoms with van der Waals surface area (Å²) in [6.45, 7) is 5.07. The molecule has 2 aromatic carbocycles. The van der Waals surface area contributed by atoms with E-state index in [2.05, 4.69) is 38.8 Å². The third-order valence-corrected chi connectivity index (χ3v) is 5.45. The smallest absolute Gasteiger partial charge is 0.221 e. The zero-order chi connectivity index (χ0) is 20.3. The highest BCUT2D eigenvalue weighted by atomic mass is 32.2. The Balaban J connectivity index is 1.49. The van der Waals surface area contributed by atoms with Crippen LogP contribution in [0.25, 0.3) is 0 Å². The van der Waals surface area contributed by atoms with Crippen LogP contribution in [0, 0.1) is 0 Å². The molecule has 1 N–H and O–H groups in total. The molecule has 0 aliphatic rings. The normalized spacial score (nSPS) is 10.6. The van der Waals surface area contributed by atoms with Crippen molar-refractivity contribution in [3.8, 4) is 0 Å². The van der Waals surface area contributed by atoms with E-state index in [-0.39, 0.29) is 5.91 Å². The molecule has 0 aliphatic carbocycles. The lowest BCUT2D eigenvalue weighted by Crippen LogP contribution is -2.23. The molecule has 6 heteroatoms. The number of carbonyl (C=O) groups is 1. The number of allylic oxidation sites excluding steroid dienone is 1. The lowest BCUT2D eigenvalue weighted by Gasteiger charge is -2.08. The Hall–Kier alpha value is -2.86. The number of aryl methyl sites for hydroxylation is 2. The predicted molar refractivity (Wildman–Crippen MR) is 118 cm³/mol. The maximum atomic E-state index is 12.1. The SMILES string of the molecule is C=CCn1c(CCc2ccccc2)nnc1SCCC(=O)NCc1ccccc1. The Kier molecular flexibility index (Phi) is 8.07. The fraction of sp³-hybridized carbons (Fsp3) is 0.261. The van der Waals surface area contributed by atoms with Crippen LogP contribution < -0.4 is 5.32 Å². The topological polar surface area (TPSA) is 59.8 Å². The van der Waals surface area contributed by atoms with Gasteiger partial charge >= 0.3 is 0 Å². The van der Waals surface area contributed by atoms with E-state index in [1.54, 1.807) is 11.8 Å². The highest BCUT2D eigenvalue weighted by molar-refractivity contribution is 7.99. The van der Waals surface area contributed by atoms with Gasteiger partial charge in [0.05, 0.1) is 0 Å². The second-order valence-electron chi connectivity index (χ2n) is 6.64. The molecule has 29 heavy (non-hydrogen) atoms. The molecule has 0 unspecified atom stereocenters. The fourth-order valence-electron chi connectivity index (χ4n) is 2.94. The van der Waals surface area contributed by atoms with E-state index in [1.807, 2.05) is 54.6 Å². The summed E-state index contributed by atoms with van der Waals surface area (Å²) in [6.07, 6.45) is 4.04. The van der Waals surface area contributed by atoms with Crippen LogP contribution in [0.5, 0.6) is 0 Å². The lowest BCUT2D eigenvalue weighted by molar-refractivity contribution is -0.120. The monoisotopic (exact) mass is 406 g/mol. The Morgan fingerprint density at radius 1 is 1.00 bits per heavy atom. The molecule has 150 valence electrons. The van der Waals surface area contributed by atoms with Crippen molar-refractivity contribution in [2.75, 3.05) is 5.75 Å². The van der Waals surface area contributed by atoms with Crippen LogP contribution in [0.1, 0.15) is 23.4 Å². The molecule has 0 fully saturated rings. The van der Waals surface area contributed by atoms with Crippen LogP contribution >= 0.6 is 11.8 Å². The molecular weight excluding hydrogens is 380 g/mol. The molecule has 5 nitrogen and oxygen atoms in total. The van der Waals surface area contributed by atoms with Crippen LogP contribution in [0.3, 0.4) is 0 Å². The first-order valence-corrected chi connectivity index (χ1v) is 10.7. The molecule has 3 aromatic rings. The first-order valence-electron chi connectivity index (χ1n) is 9.76. The Morgan fingerprint density at radius 2 is 1.69 bits per heavy atom. The number of nitrogens with zero attached hydrogens (tertiary/aromatic N) is 3. The van der Waals surface area contributed by atoms with Crippen LogP contribution in [0.15, 0.2) is 78.5 Å². The molecule has 1 amide bonds. The summed E-state index contributed by atoms with van der Waals surface area (Å²) >= 11 is 1.56. The first-order chi connectivity index (χ1) is 14.3. The minimum absolute atomic E-state index is 0.0421. The van der Waals surface area contributed by atoms with Crippen LogP contribution in [0.4, 0.5) is 0 Å². The van der Waals surface area contributed by atoms with E-state index >= 15 is 0 Å². The van der Waals surface area contributed by atoms with Gasteiger partial charge in [0.25, 0.3) is 0 Å². The number of hydrogen-bond donors (Lipinski definition) is 1. The number of aromatic nitrogens is 3. The molecule has 0 aliphatic heterocycles. The number of thioether (sulfide) groups is 1. The third kappa shape index (κ3) is 6.61. The molecule has 0 saturated carbocycles. The average molecular weight is 407 g/mol. The van der Waals surface area contributed by atoms with Crippen LogP contribution in [-0.4, -0.2) is 26.4 Å². The van der Waals surface area contributed by atoms with Gasteiger partial charge in [-0.25, -0.2) is 0 Å². The summed E-state index contributed by atoms with van der Waals surface area (Å²) < 4.78 is 2.09. The van der Waals surface area contributed by atoms with Crippen molar-refractivity contribution in [2.24, 2.45) is 0 Å². The van der Waals surface area contributed by atoms with Crippen molar-refractivity contribution in [1.82, 2.24) is 20.1 Å². The molecule has 0 atom stereocenters. The molecule has 0 saturated heterocycles. The van der Waals surface area contributed by atoms with E-state index in [1.165, 1.54) is 5.56 Å². The van der Waals surface area contributed by atoms with E-state index in [9.17, 15) is 4.79 Å². The first kappa shape index (κ1) is 20.9. The molecule has 0 spiro atoms. The van der Waals surface area contributed by atoms with E-state index in [4.69, 9.17) is 0 Å². The van der Waals surface area contributed by atoms with Crippen molar-refractivity contribution in [3.05, 3.63) is 90.3 Å². The Bertz CT molecular complexity index is 909. The molecule has 0 bridgehead atoms. The summed E-state index contributed by atoms with van der Waals surface area (Å²) in [7, 11) is 0. The maximum Gasteiger partial charge on any atom is 0.221 e. The molecular formula is C23H26N4OS. The van der Waals surface area contributed by atoms with E-state index < -0.39 is 0 Å². The van der Waals surface area contributed by atoms with E-state index in [0.717, 1.165) is 29.4 Å². The quantitative estimate of drug-likeness (QED) is 0.386. The third-order valence-electron chi connectivity index (χ3n) is 4.48. The van der Waals surface area contributed by atoms with Gasteiger partial charge in [-0.05, 0) is 17.5 Å². The summed E-state index contributed by atoms with van der Waals surface area (Å²) in [5.41, 5.74) is 2.38. The lowest BCUT2D eigenvalue weighted by atomic mass is 10.1. The van der Waals surface area contributed by atoms with Crippen molar-refractivity contribution < 1.29 is 4.79 Å². The number of amides is 1. The van der Waals surface area contributed by atoms with Crippen molar-refractivity contribution in [1.29, 1.82) is 0 Å². The fourth-order valence-corrected chi connectivity index (χ4v) is 3.85. The zero-order valence-corrected chi connectivity index (χ0v) is 17.3. The summed E-state index contributed by atoms with van der Waals surface area (Å²) in [6, 6.07) is 20.3. The van der Waals surface area contributed by atoms with Crippen molar-refractivity contribution in [3.63, 3.8) is 0 Å². The summed E-state index contributed by atoms with van der Waals surface area (Å²) in [4.78, 5) is 12.1. The van der Waals surface area contributed by atoms with Gasteiger partial charge in [-0.2, -0.15) is 0 Å². The number of rotatable bonds is 11. The highest BCUT2D eigenvalue weighted by Gasteiger charge is 2.12. The van der Waals surface area contributed by atoms with Crippen molar-refractivity contribution >= 4 is 17.7 Å². The van der Waals surface area contributed by atoms with Gasteiger partial charge in [-0.3, -0.25) is 4.79 Å². The summed E-state index contributed by atoms with van der Waals surface area (Å²) in [5.74, 6) is 1.65. The van der Waals surface area contributed by atoms with Gasteiger partial charge in [0.2, 0.25) is 5.91 Å². The minimum Gasteiger partial charge on any atom is -0.352 e. The second-order valence-corrected chi connectivity index (χ2v) is 7.71. The minimum atomic E-state index is 0.0421. The van der Waals surface area contributed by atoms with Gasteiger partial charge in [0.15, 0.2) is 5.16 Å². The van der Waals surface area contributed by atoms with Gasteiger partial charge in [0.1, 0.15) is 5.82 Å². The average Bonchev–Trinajstić information content (AvgIpc) is 3.14. The number of carbonyl (C=O) groups excluding carboxylic acids is 1. The molecule has 3 rings (SSSR count). The number of benzene rings is 2. The highest BCUT2D eigenvalue weighted by Crippen LogP contribution is 2.19. The van der Waals surface area contributed by atoms with Gasteiger partial charge < -0.3 is 9.88 Å².